The van der Waals surface area contributed by atoms with Gasteiger partial charge in [-0.05, 0) is 72.5 Å². The summed E-state index contributed by atoms with van der Waals surface area (Å²) in [4.78, 5) is 13.1. The molecule has 3 aromatic rings. The van der Waals surface area contributed by atoms with Crippen molar-refractivity contribution in [2.24, 2.45) is 0 Å². The summed E-state index contributed by atoms with van der Waals surface area (Å²) >= 11 is 18.0. The Morgan fingerprint density at radius 3 is 2.00 bits per heavy atom. The number of hydrogen-bond donors (Lipinski definition) is 1. The number of halogens is 3. The second kappa shape index (κ2) is 12.6. The predicted molar refractivity (Wildman–Crippen MR) is 152 cm³/mol. The first-order valence-corrected chi connectivity index (χ1v) is 16.0. The molecule has 1 fully saturated rings. The van der Waals surface area contributed by atoms with Crippen molar-refractivity contribution in [1.29, 1.82) is 0 Å². The van der Waals surface area contributed by atoms with E-state index in [1.54, 1.807) is 30.3 Å². The molecule has 0 aliphatic carbocycles. The highest BCUT2D eigenvalue weighted by atomic mass is 35.5. The summed E-state index contributed by atoms with van der Waals surface area (Å²) in [7, 11) is -7.62. The van der Waals surface area contributed by atoms with Crippen LogP contribution in [0.15, 0.2) is 76.5 Å². The third-order valence-electron chi connectivity index (χ3n) is 6.23. The molecule has 1 aliphatic rings. The molecule has 0 saturated carbocycles. The van der Waals surface area contributed by atoms with Crippen molar-refractivity contribution in [1.82, 2.24) is 13.9 Å². The number of carbonyl (C=O) groups excluding carboxylic acids is 1. The van der Waals surface area contributed by atoms with Crippen molar-refractivity contribution in [2.75, 3.05) is 19.6 Å². The first kappa shape index (κ1) is 29.8. The van der Waals surface area contributed by atoms with Gasteiger partial charge < -0.3 is 5.32 Å². The minimum Gasteiger partial charge on any atom is -0.351 e. The normalized spacial score (nSPS) is 14.6. The van der Waals surface area contributed by atoms with Gasteiger partial charge in [-0.15, -0.1) is 0 Å². The van der Waals surface area contributed by atoms with Crippen molar-refractivity contribution < 1.29 is 21.6 Å². The third kappa shape index (κ3) is 7.32. The molecule has 1 aliphatic heterocycles. The van der Waals surface area contributed by atoms with Crippen LogP contribution < -0.4 is 5.32 Å². The van der Waals surface area contributed by atoms with Gasteiger partial charge in [0.1, 0.15) is 0 Å². The Kier molecular flexibility index (Phi) is 9.59. The molecule has 0 aromatic heterocycles. The maximum absolute atomic E-state index is 13.4. The van der Waals surface area contributed by atoms with Crippen LogP contribution in [0.3, 0.4) is 0 Å². The van der Waals surface area contributed by atoms with Crippen molar-refractivity contribution >= 4 is 60.8 Å². The molecule has 4 rings (SSSR count). The van der Waals surface area contributed by atoms with Gasteiger partial charge in [0.05, 0.1) is 26.4 Å². The Morgan fingerprint density at radius 2 is 1.38 bits per heavy atom. The Morgan fingerprint density at radius 1 is 0.795 bits per heavy atom. The standard InChI is InChI=1S/C26H26Cl3N3O5S2/c27-21-6-10-23(11-7-21)39(36,37)32(17-20-5-12-24(28)25(29)15-20)18-26(33)30-16-19-3-8-22(9-4-19)38(34,35)31-13-1-2-14-31/h3-12,15H,1-2,13-14,16-18H2,(H,30,33). The fourth-order valence-electron chi connectivity index (χ4n) is 4.10. The zero-order valence-electron chi connectivity index (χ0n) is 20.7. The molecule has 39 heavy (non-hydrogen) atoms. The van der Waals surface area contributed by atoms with E-state index in [2.05, 4.69) is 5.32 Å². The largest absolute Gasteiger partial charge is 0.351 e. The summed E-state index contributed by atoms with van der Waals surface area (Å²) in [5.74, 6) is -0.540. The van der Waals surface area contributed by atoms with Crippen LogP contribution in [0.5, 0.6) is 0 Å². The zero-order chi connectivity index (χ0) is 28.2. The number of sulfonamides is 2. The lowest BCUT2D eigenvalue weighted by molar-refractivity contribution is -0.121. The van der Waals surface area contributed by atoms with Gasteiger partial charge in [-0.25, -0.2) is 16.8 Å². The van der Waals surface area contributed by atoms with Gasteiger partial charge in [-0.3, -0.25) is 4.79 Å². The van der Waals surface area contributed by atoms with Crippen LogP contribution in [-0.4, -0.2) is 51.0 Å². The number of nitrogens with one attached hydrogen (secondary N) is 1. The molecule has 13 heteroatoms. The van der Waals surface area contributed by atoms with Crippen molar-refractivity contribution in [3.63, 3.8) is 0 Å². The molecule has 0 bridgehead atoms. The molecule has 1 amide bonds. The Balaban J connectivity index is 1.47. The van der Waals surface area contributed by atoms with Gasteiger partial charge in [0.15, 0.2) is 0 Å². The molecule has 0 spiro atoms. The number of rotatable bonds is 10. The molecular weight excluding hydrogens is 605 g/mol. The lowest BCUT2D eigenvalue weighted by Gasteiger charge is -2.22. The monoisotopic (exact) mass is 629 g/mol. The highest BCUT2D eigenvalue weighted by Gasteiger charge is 2.28. The van der Waals surface area contributed by atoms with E-state index in [1.165, 1.54) is 40.7 Å². The van der Waals surface area contributed by atoms with E-state index in [9.17, 15) is 21.6 Å². The van der Waals surface area contributed by atoms with E-state index in [4.69, 9.17) is 34.8 Å². The number of carbonyl (C=O) groups is 1. The minimum absolute atomic E-state index is 0.0189. The Hall–Kier alpha value is -2.18. The molecular formula is C26H26Cl3N3O5S2. The number of amides is 1. The van der Waals surface area contributed by atoms with Crippen LogP contribution in [0.2, 0.25) is 15.1 Å². The summed E-state index contributed by atoms with van der Waals surface area (Å²) in [5, 5.41) is 3.67. The van der Waals surface area contributed by atoms with E-state index < -0.39 is 32.5 Å². The first-order chi connectivity index (χ1) is 18.5. The average molecular weight is 631 g/mol. The highest BCUT2D eigenvalue weighted by Crippen LogP contribution is 2.26. The van der Waals surface area contributed by atoms with Crippen LogP contribution in [0, 0.1) is 0 Å². The molecule has 208 valence electrons. The van der Waals surface area contributed by atoms with Gasteiger partial charge in [-0.2, -0.15) is 8.61 Å². The second-order valence-corrected chi connectivity index (χ2v) is 14.1. The van der Waals surface area contributed by atoms with Gasteiger partial charge in [0.2, 0.25) is 26.0 Å². The lowest BCUT2D eigenvalue weighted by atomic mass is 10.2. The molecule has 1 heterocycles. The maximum atomic E-state index is 13.4. The van der Waals surface area contributed by atoms with Gasteiger partial charge in [0, 0.05) is 31.2 Å². The summed E-state index contributed by atoms with van der Waals surface area (Å²) in [5.41, 5.74) is 1.21. The molecule has 3 aromatic carbocycles. The maximum Gasteiger partial charge on any atom is 0.243 e. The van der Waals surface area contributed by atoms with Crippen molar-refractivity contribution in [3.8, 4) is 0 Å². The van der Waals surface area contributed by atoms with Gasteiger partial charge in [-0.1, -0.05) is 53.0 Å². The van der Waals surface area contributed by atoms with Crippen LogP contribution >= 0.6 is 34.8 Å². The van der Waals surface area contributed by atoms with Crippen LogP contribution in [0.1, 0.15) is 24.0 Å². The first-order valence-electron chi connectivity index (χ1n) is 12.0. The summed E-state index contributed by atoms with van der Waals surface area (Å²) in [6, 6.07) is 16.7. The molecule has 1 N–H and O–H groups in total. The molecule has 8 nitrogen and oxygen atoms in total. The fourth-order valence-corrected chi connectivity index (χ4v) is 7.44. The predicted octanol–water partition coefficient (Wildman–Crippen LogP) is 4.94. The lowest BCUT2D eigenvalue weighted by Crippen LogP contribution is -2.40. The van der Waals surface area contributed by atoms with Crippen LogP contribution in [0.25, 0.3) is 0 Å². The molecule has 0 unspecified atom stereocenters. The van der Waals surface area contributed by atoms with E-state index in [0.29, 0.717) is 34.3 Å². The quantitative estimate of drug-likeness (QED) is 0.342. The topological polar surface area (TPSA) is 104 Å². The Labute approximate surface area is 243 Å². The highest BCUT2D eigenvalue weighted by molar-refractivity contribution is 7.89. The molecule has 0 radical (unpaired) electrons. The van der Waals surface area contributed by atoms with E-state index >= 15 is 0 Å². The third-order valence-corrected chi connectivity index (χ3v) is 10.9. The SMILES string of the molecule is O=C(CN(Cc1ccc(Cl)c(Cl)c1)S(=O)(=O)c1ccc(Cl)cc1)NCc1ccc(S(=O)(=O)N2CCCC2)cc1. The summed E-state index contributed by atoms with van der Waals surface area (Å²) < 4.78 is 54.8. The van der Waals surface area contributed by atoms with Crippen molar-refractivity contribution in [2.45, 2.75) is 35.7 Å². The average Bonchev–Trinajstić information content (AvgIpc) is 3.46. The summed E-state index contributed by atoms with van der Waals surface area (Å²) in [6.45, 7) is 0.519. The fraction of sp³-hybridized carbons (Fsp3) is 0.269. The molecule has 1 saturated heterocycles. The van der Waals surface area contributed by atoms with Gasteiger partial charge >= 0.3 is 0 Å². The van der Waals surface area contributed by atoms with E-state index in [-0.39, 0.29) is 27.9 Å². The molecule has 0 atom stereocenters. The van der Waals surface area contributed by atoms with Crippen molar-refractivity contribution in [3.05, 3.63) is 92.9 Å². The minimum atomic E-state index is -4.08. The van der Waals surface area contributed by atoms with E-state index in [1.807, 2.05) is 0 Å². The van der Waals surface area contributed by atoms with Gasteiger partial charge in [0.25, 0.3) is 0 Å². The number of benzene rings is 3. The van der Waals surface area contributed by atoms with Crippen LogP contribution in [-0.2, 0) is 37.9 Å². The van der Waals surface area contributed by atoms with Crippen LogP contribution in [0.4, 0.5) is 0 Å². The van der Waals surface area contributed by atoms with E-state index in [0.717, 1.165) is 17.1 Å². The smallest absolute Gasteiger partial charge is 0.243 e. The zero-order valence-corrected chi connectivity index (χ0v) is 24.6. The number of nitrogens with zero attached hydrogens (tertiary/aromatic N) is 2. The number of hydrogen-bond acceptors (Lipinski definition) is 5. The Bertz CT molecular complexity index is 1540. The second-order valence-electron chi connectivity index (χ2n) is 9.01. The summed E-state index contributed by atoms with van der Waals surface area (Å²) in [6.07, 6.45) is 1.69.